The number of anilines is 1. The summed E-state index contributed by atoms with van der Waals surface area (Å²) in [5, 5.41) is 4.80. The summed E-state index contributed by atoms with van der Waals surface area (Å²) in [6, 6.07) is 8.47. The van der Waals surface area contributed by atoms with Crippen LogP contribution in [-0.4, -0.2) is 18.2 Å². The van der Waals surface area contributed by atoms with Crippen molar-refractivity contribution in [2.75, 3.05) is 4.72 Å². The average Bonchev–Trinajstić information content (AvgIpc) is 2.86. The van der Waals surface area contributed by atoms with Gasteiger partial charge in [0.05, 0.1) is 11.1 Å². The molecule has 0 saturated heterocycles. The quantitative estimate of drug-likeness (QED) is 0.835. The summed E-state index contributed by atoms with van der Waals surface area (Å²) >= 11 is 3.33. The predicted molar refractivity (Wildman–Crippen MR) is 82.5 cm³/mol. The van der Waals surface area contributed by atoms with E-state index in [9.17, 15) is 8.42 Å². The van der Waals surface area contributed by atoms with Gasteiger partial charge in [-0.25, -0.2) is 13.1 Å². The Bertz CT molecular complexity index is 678. The van der Waals surface area contributed by atoms with Crippen molar-refractivity contribution >= 4 is 31.8 Å². The molecule has 0 amide bonds. The fraction of sp³-hybridized carbons (Fsp3) is 0.308. The number of rotatable bonds is 5. The van der Waals surface area contributed by atoms with E-state index in [0.29, 0.717) is 11.1 Å². The third-order valence-corrected chi connectivity index (χ3v) is 4.80. The Morgan fingerprint density at radius 1 is 1.25 bits per heavy atom. The van der Waals surface area contributed by atoms with Crippen LogP contribution >= 0.6 is 15.9 Å². The van der Waals surface area contributed by atoms with Crippen LogP contribution in [0.5, 0.6) is 0 Å². The van der Waals surface area contributed by atoms with Crippen molar-refractivity contribution < 1.29 is 8.42 Å². The molecule has 2 aromatic rings. The number of aromatic nitrogens is 2. The van der Waals surface area contributed by atoms with E-state index in [2.05, 4.69) is 25.8 Å². The Morgan fingerprint density at radius 3 is 2.45 bits per heavy atom. The molecule has 0 aliphatic heterocycles. The maximum absolute atomic E-state index is 12.3. The molecule has 108 valence electrons. The molecule has 7 heteroatoms. The molecule has 0 radical (unpaired) electrons. The van der Waals surface area contributed by atoms with Crippen molar-refractivity contribution in [1.82, 2.24) is 9.78 Å². The molecule has 0 fully saturated rings. The molecular formula is C13H16BrN3O2S. The lowest BCUT2D eigenvalue weighted by Crippen LogP contribution is -2.17. The van der Waals surface area contributed by atoms with Gasteiger partial charge in [0.15, 0.2) is 0 Å². The zero-order valence-corrected chi connectivity index (χ0v) is 13.6. The summed E-state index contributed by atoms with van der Waals surface area (Å²) in [6.07, 6.45) is 1.58. The highest BCUT2D eigenvalue weighted by Gasteiger charge is 2.17. The Labute approximate surface area is 127 Å². The van der Waals surface area contributed by atoms with Crippen LogP contribution < -0.4 is 4.72 Å². The molecule has 20 heavy (non-hydrogen) atoms. The maximum atomic E-state index is 12.3. The Balaban J connectivity index is 2.28. The lowest BCUT2D eigenvalue weighted by atomic mass is 10.2. The van der Waals surface area contributed by atoms with Gasteiger partial charge >= 0.3 is 0 Å². The molecule has 1 aromatic carbocycles. The van der Waals surface area contributed by atoms with Gasteiger partial charge in [-0.15, -0.1) is 0 Å². The first-order chi connectivity index (χ1) is 9.44. The maximum Gasteiger partial charge on any atom is 0.263 e. The van der Waals surface area contributed by atoms with Gasteiger partial charge in [-0.3, -0.25) is 4.72 Å². The third-order valence-electron chi connectivity index (χ3n) is 2.79. The molecule has 5 nitrogen and oxygen atoms in total. The van der Waals surface area contributed by atoms with Gasteiger partial charge in [0.2, 0.25) is 0 Å². The fourth-order valence-corrected chi connectivity index (χ4v) is 3.18. The lowest BCUT2D eigenvalue weighted by molar-refractivity contribution is 0.539. The van der Waals surface area contributed by atoms with Crippen LogP contribution in [0.25, 0.3) is 0 Å². The molecule has 0 aliphatic carbocycles. The van der Waals surface area contributed by atoms with E-state index in [4.69, 9.17) is 0 Å². The lowest BCUT2D eigenvalue weighted by Gasteiger charge is -2.13. The minimum atomic E-state index is -3.59. The molecule has 0 unspecified atom stereocenters. The Morgan fingerprint density at radius 2 is 1.90 bits per heavy atom. The van der Waals surface area contributed by atoms with Crippen molar-refractivity contribution in [3.63, 3.8) is 0 Å². The highest BCUT2D eigenvalue weighted by atomic mass is 79.9. The van der Waals surface area contributed by atoms with Crippen LogP contribution in [0.3, 0.4) is 0 Å². The normalized spacial score (nSPS) is 11.8. The third kappa shape index (κ3) is 3.21. The van der Waals surface area contributed by atoms with Crippen LogP contribution in [0.1, 0.15) is 25.5 Å². The van der Waals surface area contributed by atoms with Gasteiger partial charge in [-0.1, -0.05) is 28.1 Å². The summed E-state index contributed by atoms with van der Waals surface area (Å²) in [7, 11) is -3.59. The first-order valence-corrected chi connectivity index (χ1v) is 8.76. The van der Waals surface area contributed by atoms with Gasteiger partial charge < -0.3 is 0 Å². The molecule has 0 bridgehead atoms. The summed E-state index contributed by atoms with van der Waals surface area (Å²) in [4.78, 5) is 0.235. The zero-order chi connectivity index (χ0) is 14.8. The van der Waals surface area contributed by atoms with Crippen molar-refractivity contribution in [2.45, 2.75) is 30.1 Å². The van der Waals surface area contributed by atoms with Gasteiger partial charge in [-0.2, -0.15) is 5.10 Å². The van der Waals surface area contributed by atoms with E-state index in [1.165, 1.54) is 0 Å². The standard InChI is InChI=1S/C13H16BrN3O2S/c1-10(2)17-13(7-8-15-17)16-20(18,19)12-5-3-11(9-14)4-6-12/h3-8,10,16H,9H2,1-2H3. The van der Waals surface area contributed by atoms with Crippen LogP contribution in [0.4, 0.5) is 5.82 Å². The topological polar surface area (TPSA) is 64.0 Å². The number of benzene rings is 1. The van der Waals surface area contributed by atoms with E-state index in [1.807, 2.05) is 13.8 Å². The van der Waals surface area contributed by atoms with Crippen LogP contribution in [0.15, 0.2) is 41.4 Å². The number of nitrogens with zero attached hydrogens (tertiary/aromatic N) is 2. The second-order valence-corrected chi connectivity index (χ2v) is 6.88. The largest absolute Gasteiger partial charge is 0.264 e. The van der Waals surface area contributed by atoms with Gasteiger partial charge in [-0.05, 0) is 31.5 Å². The molecule has 1 aromatic heterocycles. The molecule has 0 aliphatic rings. The highest BCUT2D eigenvalue weighted by molar-refractivity contribution is 9.08. The molecule has 1 N–H and O–H groups in total. The molecule has 0 spiro atoms. The Hall–Kier alpha value is -1.34. The first-order valence-electron chi connectivity index (χ1n) is 6.15. The minimum Gasteiger partial charge on any atom is -0.264 e. The Kier molecular flexibility index (Phi) is 4.49. The number of hydrogen-bond acceptors (Lipinski definition) is 3. The molecular weight excluding hydrogens is 342 g/mol. The highest BCUT2D eigenvalue weighted by Crippen LogP contribution is 2.19. The minimum absolute atomic E-state index is 0.0819. The van der Waals surface area contributed by atoms with Crippen molar-refractivity contribution in [3.8, 4) is 0 Å². The molecule has 2 rings (SSSR count). The first kappa shape index (κ1) is 15.1. The van der Waals surface area contributed by atoms with E-state index in [-0.39, 0.29) is 10.9 Å². The SMILES string of the molecule is CC(C)n1nccc1NS(=O)(=O)c1ccc(CBr)cc1. The van der Waals surface area contributed by atoms with E-state index >= 15 is 0 Å². The van der Waals surface area contributed by atoms with Crippen molar-refractivity contribution in [1.29, 1.82) is 0 Å². The number of hydrogen-bond donors (Lipinski definition) is 1. The molecule has 0 saturated carbocycles. The second kappa shape index (κ2) is 5.97. The number of nitrogens with one attached hydrogen (secondary N) is 1. The number of alkyl halides is 1. The van der Waals surface area contributed by atoms with Gasteiger partial charge in [0, 0.05) is 17.4 Å². The summed E-state index contributed by atoms with van der Waals surface area (Å²) < 4.78 is 28.8. The van der Waals surface area contributed by atoms with Crippen LogP contribution in [0.2, 0.25) is 0 Å². The van der Waals surface area contributed by atoms with E-state index in [0.717, 1.165) is 5.56 Å². The number of sulfonamides is 1. The summed E-state index contributed by atoms with van der Waals surface area (Å²) in [5.74, 6) is 0.463. The van der Waals surface area contributed by atoms with Crippen LogP contribution in [0, 0.1) is 0 Å². The smallest absolute Gasteiger partial charge is 0.263 e. The summed E-state index contributed by atoms with van der Waals surface area (Å²) in [5.41, 5.74) is 1.02. The monoisotopic (exact) mass is 357 g/mol. The molecule has 1 heterocycles. The molecule has 0 atom stereocenters. The van der Waals surface area contributed by atoms with E-state index < -0.39 is 10.0 Å². The van der Waals surface area contributed by atoms with Gasteiger partial charge in [0.1, 0.15) is 5.82 Å². The van der Waals surface area contributed by atoms with E-state index in [1.54, 1.807) is 41.2 Å². The van der Waals surface area contributed by atoms with Gasteiger partial charge in [0.25, 0.3) is 10.0 Å². The van der Waals surface area contributed by atoms with Crippen LogP contribution in [-0.2, 0) is 15.4 Å². The van der Waals surface area contributed by atoms with Crippen molar-refractivity contribution in [2.24, 2.45) is 0 Å². The predicted octanol–water partition coefficient (Wildman–Crippen LogP) is 3.16. The summed E-state index contributed by atoms with van der Waals surface area (Å²) in [6.45, 7) is 3.88. The second-order valence-electron chi connectivity index (χ2n) is 4.64. The zero-order valence-electron chi connectivity index (χ0n) is 11.2. The average molecular weight is 358 g/mol. The fourth-order valence-electron chi connectivity index (χ4n) is 1.76. The number of halogens is 1. The van der Waals surface area contributed by atoms with Crippen molar-refractivity contribution in [3.05, 3.63) is 42.1 Å².